The molecule has 0 saturated carbocycles. The molecular formula is C14H18BrFO2. The van der Waals surface area contributed by atoms with Crippen molar-refractivity contribution in [1.29, 1.82) is 0 Å². The topological polar surface area (TPSA) is 26.3 Å². The van der Waals surface area contributed by atoms with Crippen molar-refractivity contribution in [3.05, 3.63) is 34.1 Å². The fourth-order valence-electron chi connectivity index (χ4n) is 1.93. The van der Waals surface area contributed by atoms with Crippen molar-refractivity contribution in [2.24, 2.45) is 5.41 Å². The van der Waals surface area contributed by atoms with Crippen LogP contribution in [0.1, 0.15) is 26.3 Å². The molecule has 2 nitrogen and oxygen atoms in total. The molecule has 1 aromatic rings. The van der Waals surface area contributed by atoms with Crippen LogP contribution in [-0.2, 0) is 16.0 Å². The molecule has 0 aliphatic heterocycles. The van der Waals surface area contributed by atoms with Gasteiger partial charge in [-0.05, 0) is 29.2 Å². The van der Waals surface area contributed by atoms with Gasteiger partial charge in [-0.3, -0.25) is 4.79 Å². The summed E-state index contributed by atoms with van der Waals surface area (Å²) in [5.74, 6) is -0.475. The van der Waals surface area contributed by atoms with E-state index in [9.17, 15) is 9.18 Å². The molecule has 0 radical (unpaired) electrons. The third kappa shape index (κ3) is 3.89. The number of benzene rings is 1. The Bertz CT molecular complexity index is 438. The first kappa shape index (κ1) is 15.3. The highest BCUT2D eigenvalue weighted by Gasteiger charge is 2.31. The highest BCUT2D eigenvalue weighted by molar-refractivity contribution is 9.10. The summed E-state index contributed by atoms with van der Waals surface area (Å²) in [5.41, 5.74) is 0.0922. The van der Waals surface area contributed by atoms with Gasteiger partial charge in [0.1, 0.15) is 11.9 Å². The molecule has 0 N–H and O–H groups in total. The van der Waals surface area contributed by atoms with Crippen LogP contribution in [0.25, 0.3) is 0 Å². The van der Waals surface area contributed by atoms with Crippen molar-refractivity contribution in [3.63, 3.8) is 0 Å². The van der Waals surface area contributed by atoms with E-state index in [-0.39, 0.29) is 23.4 Å². The summed E-state index contributed by atoms with van der Waals surface area (Å²) in [6.07, 6.45) is -0.489. The molecule has 0 bridgehead atoms. The Kier molecular flexibility index (Phi) is 5.05. The minimum Gasteiger partial charge on any atom is -0.373 e. The van der Waals surface area contributed by atoms with Gasteiger partial charge in [0.15, 0.2) is 5.78 Å². The lowest BCUT2D eigenvalue weighted by Crippen LogP contribution is -2.37. The van der Waals surface area contributed by atoms with Crippen LogP contribution in [0, 0.1) is 11.2 Å². The highest BCUT2D eigenvalue weighted by Crippen LogP contribution is 2.25. The van der Waals surface area contributed by atoms with E-state index >= 15 is 0 Å². The van der Waals surface area contributed by atoms with Crippen molar-refractivity contribution in [2.45, 2.75) is 33.3 Å². The smallest absolute Gasteiger partial charge is 0.166 e. The minimum absolute atomic E-state index is 0.0427. The predicted molar refractivity (Wildman–Crippen MR) is 73.1 cm³/mol. The Morgan fingerprint density at radius 1 is 1.44 bits per heavy atom. The van der Waals surface area contributed by atoms with Crippen LogP contribution in [0.5, 0.6) is 0 Å². The Morgan fingerprint density at radius 2 is 2.06 bits per heavy atom. The molecule has 0 spiro atoms. The predicted octanol–water partition coefficient (Wildman–Crippen LogP) is 3.76. The normalized spacial score (nSPS) is 13.4. The van der Waals surface area contributed by atoms with Crippen LogP contribution in [0.4, 0.5) is 4.39 Å². The van der Waals surface area contributed by atoms with Gasteiger partial charge in [-0.25, -0.2) is 4.39 Å². The first-order chi connectivity index (χ1) is 8.25. The summed E-state index contributed by atoms with van der Waals surface area (Å²) in [4.78, 5) is 12.1. The monoisotopic (exact) mass is 316 g/mol. The first-order valence-corrected chi connectivity index (χ1v) is 6.54. The minimum atomic E-state index is -0.532. The molecule has 0 aliphatic carbocycles. The summed E-state index contributed by atoms with van der Waals surface area (Å²) in [5, 5.41) is 0. The van der Waals surface area contributed by atoms with E-state index in [1.807, 2.05) is 20.8 Å². The second-order valence-electron chi connectivity index (χ2n) is 5.36. The maximum atomic E-state index is 13.6. The van der Waals surface area contributed by atoms with Gasteiger partial charge in [0.2, 0.25) is 0 Å². The van der Waals surface area contributed by atoms with E-state index in [0.29, 0.717) is 5.56 Å². The molecule has 18 heavy (non-hydrogen) atoms. The number of ether oxygens (including phenoxy) is 1. The average molecular weight is 317 g/mol. The lowest BCUT2D eigenvalue weighted by atomic mass is 9.84. The van der Waals surface area contributed by atoms with Gasteiger partial charge in [-0.1, -0.05) is 36.7 Å². The molecule has 0 amide bonds. The van der Waals surface area contributed by atoms with Crippen LogP contribution in [0.15, 0.2) is 22.7 Å². The zero-order valence-corrected chi connectivity index (χ0v) is 12.7. The van der Waals surface area contributed by atoms with Crippen LogP contribution in [-0.4, -0.2) is 19.0 Å². The molecule has 0 saturated heterocycles. The number of Topliss-reactive ketones (excluding diaryl/α,β-unsaturated/α-hetero) is 1. The van der Waals surface area contributed by atoms with E-state index in [0.717, 1.165) is 4.47 Å². The van der Waals surface area contributed by atoms with Gasteiger partial charge in [0, 0.05) is 18.0 Å². The first-order valence-electron chi connectivity index (χ1n) is 5.75. The molecule has 0 fully saturated rings. The van der Waals surface area contributed by atoms with Crippen LogP contribution in [0.2, 0.25) is 0 Å². The van der Waals surface area contributed by atoms with Crippen LogP contribution in [0.3, 0.4) is 0 Å². The van der Waals surface area contributed by atoms with Gasteiger partial charge >= 0.3 is 0 Å². The molecule has 4 heteroatoms. The molecule has 1 atom stereocenters. The van der Waals surface area contributed by atoms with Gasteiger partial charge in [-0.2, -0.15) is 0 Å². The molecule has 0 heterocycles. The fourth-order valence-corrected chi connectivity index (χ4v) is 2.34. The molecule has 0 aromatic heterocycles. The maximum absolute atomic E-state index is 13.6. The number of hydrogen-bond acceptors (Lipinski definition) is 2. The van der Waals surface area contributed by atoms with E-state index < -0.39 is 6.10 Å². The number of carbonyl (C=O) groups excluding carboxylic acids is 1. The molecule has 1 unspecified atom stereocenters. The molecular weight excluding hydrogens is 299 g/mol. The Labute approximate surface area is 116 Å². The third-order valence-corrected chi connectivity index (χ3v) is 3.18. The van der Waals surface area contributed by atoms with Crippen molar-refractivity contribution in [1.82, 2.24) is 0 Å². The second kappa shape index (κ2) is 5.93. The fraction of sp³-hybridized carbons (Fsp3) is 0.500. The molecule has 1 rings (SSSR count). The molecule has 0 aliphatic rings. The molecule has 1 aromatic carbocycles. The number of hydrogen-bond donors (Lipinski definition) is 0. The average Bonchev–Trinajstić information content (AvgIpc) is 2.22. The zero-order chi connectivity index (χ0) is 13.9. The lowest BCUT2D eigenvalue weighted by Gasteiger charge is -2.28. The maximum Gasteiger partial charge on any atom is 0.166 e. The van der Waals surface area contributed by atoms with Crippen molar-refractivity contribution >= 4 is 21.7 Å². The van der Waals surface area contributed by atoms with Crippen LogP contribution < -0.4 is 0 Å². The zero-order valence-electron chi connectivity index (χ0n) is 11.1. The summed E-state index contributed by atoms with van der Waals surface area (Å²) in [6, 6.07) is 4.59. The standard InChI is InChI=1S/C14H18BrFO2/c1-14(2,3)13(18-4)12(17)8-9-7-10(15)5-6-11(9)16/h5-7,13H,8H2,1-4H3. The van der Waals surface area contributed by atoms with E-state index in [4.69, 9.17) is 4.74 Å². The Morgan fingerprint density at radius 3 is 2.56 bits per heavy atom. The summed E-state index contributed by atoms with van der Waals surface area (Å²) in [7, 11) is 1.51. The lowest BCUT2D eigenvalue weighted by molar-refractivity contribution is -0.134. The number of carbonyl (C=O) groups is 1. The number of methoxy groups -OCH3 is 1. The van der Waals surface area contributed by atoms with Crippen molar-refractivity contribution in [2.75, 3.05) is 7.11 Å². The van der Waals surface area contributed by atoms with Crippen molar-refractivity contribution < 1.29 is 13.9 Å². The highest BCUT2D eigenvalue weighted by atomic mass is 79.9. The van der Waals surface area contributed by atoms with Crippen molar-refractivity contribution in [3.8, 4) is 0 Å². The van der Waals surface area contributed by atoms with E-state index in [1.54, 1.807) is 12.1 Å². The second-order valence-corrected chi connectivity index (χ2v) is 6.28. The summed E-state index contributed by atoms with van der Waals surface area (Å²) < 4.78 is 19.6. The van der Waals surface area contributed by atoms with E-state index in [2.05, 4.69) is 15.9 Å². The van der Waals surface area contributed by atoms with E-state index in [1.165, 1.54) is 13.2 Å². The van der Waals surface area contributed by atoms with Gasteiger partial charge in [-0.15, -0.1) is 0 Å². The number of rotatable bonds is 4. The summed E-state index contributed by atoms with van der Waals surface area (Å²) in [6.45, 7) is 5.78. The Hall–Kier alpha value is -0.740. The third-order valence-electron chi connectivity index (χ3n) is 2.69. The van der Waals surface area contributed by atoms with Gasteiger partial charge in [0.05, 0.1) is 0 Å². The van der Waals surface area contributed by atoms with Gasteiger partial charge < -0.3 is 4.74 Å². The summed E-state index contributed by atoms with van der Waals surface area (Å²) >= 11 is 3.27. The quantitative estimate of drug-likeness (QED) is 0.845. The number of halogens is 2. The number of ketones is 1. The largest absolute Gasteiger partial charge is 0.373 e. The van der Waals surface area contributed by atoms with Gasteiger partial charge in [0.25, 0.3) is 0 Å². The SMILES string of the molecule is COC(C(=O)Cc1cc(Br)ccc1F)C(C)(C)C. The van der Waals surface area contributed by atoms with Crippen LogP contribution >= 0.6 is 15.9 Å². The molecule has 100 valence electrons. The Balaban J connectivity index is 2.90.